The van der Waals surface area contributed by atoms with Crippen molar-refractivity contribution in [3.05, 3.63) is 28.7 Å². The van der Waals surface area contributed by atoms with Crippen molar-refractivity contribution >= 4 is 39.6 Å². The van der Waals surface area contributed by atoms with E-state index in [9.17, 15) is 9.59 Å². The van der Waals surface area contributed by atoms with Gasteiger partial charge in [0.05, 0.1) is 5.75 Å². The molecule has 1 N–H and O–H groups in total. The highest BCUT2D eigenvalue weighted by molar-refractivity contribution is 9.10. The normalized spacial score (nSPS) is 14.9. The van der Waals surface area contributed by atoms with Crippen LogP contribution in [0.3, 0.4) is 0 Å². The molecule has 0 bridgehead atoms. The van der Waals surface area contributed by atoms with Gasteiger partial charge in [-0.2, -0.15) is 0 Å². The average Bonchev–Trinajstić information content (AvgIpc) is 2.97. The SMILES string of the molecule is O=C(COC(=O)CSc1ccc(Br)cc1)NC1CCCC1. The highest BCUT2D eigenvalue weighted by atomic mass is 79.9. The van der Waals surface area contributed by atoms with E-state index in [-0.39, 0.29) is 30.3 Å². The van der Waals surface area contributed by atoms with Gasteiger partial charge < -0.3 is 10.1 Å². The van der Waals surface area contributed by atoms with Crippen molar-refractivity contribution in [1.29, 1.82) is 0 Å². The summed E-state index contributed by atoms with van der Waals surface area (Å²) in [6.45, 7) is -0.184. The van der Waals surface area contributed by atoms with Crippen molar-refractivity contribution in [2.75, 3.05) is 12.4 Å². The maximum Gasteiger partial charge on any atom is 0.316 e. The first-order valence-corrected chi connectivity index (χ1v) is 8.75. The fraction of sp³-hybridized carbons (Fsp3) is 0.467. The Bertz CT molecular complexity index is 486. The number of thioether (sulfide) groups is 1. The van der Waals surface area contributed by atoms with Crippen molar-refractivity contribution in [3.63, 3.8) is 0 Å². The van der Waals surface area contributed by atoms with Gasteiger partial charge in [0.2, 0.25) is 0 Å². The second kappa shape index (κ2) is 8.44. The fourth-order valence-electron chi connectivity index (χ4n) is 2.20. The third kappa shape index (κ3) is 6.09. The molecule has 114 valence electrons. The molecule has 4 nitrogen and oxygen atoms in total. The Hall–Kier alpha value is -1.01. The monoisotopic (exact) mass is 371 g/mol. The second-order valence-electron chi connectivity index (χ2n) is 4.95. The third-order valence-electron chi connectivity index (χ3n) is 3.25. The molecule has 0 atom stereocenters. The Balaban J connectivity index is 1.62. The molecule has 1 aliphatic carbocycles. The predicted molar refractivity (Wildman–Crippen MR) is 86.2 cm³/mol. The van der Waals surface area contributed by atoms with Crippen molar-refractivity contribution in [2.24, 2.45) is 0 Å². The van der Waals surface area contributed by atoms with Gasteiger partial charge in [0.25, 0.3) is 5.91 Å². The van der Waals surface area contributed by atoms with Crippen LogP contribution in [0.15, 0.2) is 33.6 Å². The lowest BCUT2D eigenvalue weighted by atomic mass is 10.2. The van der Waals surface area contributed by atoms with Crippen LogP contribution >= 0.6 is 27.7 Å². The first kappa shape index (κ1) is 16.4. The molecular weight excluding hydrogens is 354 g/mol. The third-order valence-corrected chi connectivity index (χ3v) is 4.77. The van der Waals surface area contributed by atoms with Crippen molar-refractivity contribution in [1.82, 2.24) is 5.32 Å². The number of nitrogens with one attached hydrogen (secondary N) is 1. The smallest absolute Gasteiger partial charge is 0.316 e. The van der Waals surface area contributed by atoms with Crippen LogP contribution in [-0.4, -0.2) is 30.3 Å². The van der Waals surface area contributed by atoms with E-state index < -0.39 is 0 Å². The van der Waals surface area contributed by atoms with Gasteiger partial charge in [0.1, 0.15) is 0 Å². The number of rotatable bonds is 6. The zero-order chi connectivity index (χ0) is 15.1. The van der Waals surface area contributed by atoms with Crippen molar-refractivity contribution < 1.29 is 14.3 Å². The van der Waals surface area contributed by atoms with Gasteiger partial charge in [-0.15, -0.1) is 11.8 Å². The molecule has 0 saturated heterocycles. The summed E-state index contributed by atoms with van der Waals surface area (Å²) >= 11 is 4.75. The summed E-state index contributed by atoms with van der Waals surface area (Å²) in [5.41, 5.74) is 0. The minimum absolute atomic E-state index is 0.184. The largest absolute Gasteiger partial charge is 0.455 e. The minimum atomic E-state index is -0.371. The number of carbonyl (C=O) groups is 2. The lowest BCUT2D eigenvalue weighted by Crippen LogP contribution is -2.36. The highest BCUT2D eigenvalue weighted by Crippen LogP contribution is 2.20. The summed E-state index contributed by atoms with van der Waals surface area (Å²) in [7, 11) is 0. The summed E-state index contributed by atoms with van der Waals surface area (Å²) < 4.78 is 5.98. The summed E-state index contributed by atoms with van der Waals surface area (Å²) in [5, 5.41) is 2.89. The molecule has 1 fully saturated rings. The van der Waals surface area contributed by atoms with Crippen LogP contribution in [0.2, 0.25) is 0 Å². The molecule has 1 aromatic rings. The highest BCUT2D eigenvalue weighted by Gasteiger charge is 2.17. The molecule has 0 spiro atoms. The molecule has 1 saturated carbocycles. The molecule has 1 amide bonds. The predicted octanol–water partition coefficient (Wildman–Crippen LogP) is 3.14. The van der Waals surface area contributed by atoms with Crippen molar-refractivity contribution in [3.8, 4) is 0 Å². The maximum atomic E-state index is 11.6. The van der Waals surface area contributed by atoms with E-state index in [2.05, 4.69) is 21.2 Å². The molecule has 0 aliphatic heterocycles. The Morgan fingerprint density at radius 3 is 2.57 bits per heavy atom. The Morgan fingerprint density at radius 2 is 1.90 bits per heavy atom. The van der Waals surface area contributed by atoms with Crippen LogP contribution in [0.1, 0.15) is 25.7 Å². The average molecular weight is 372 g/mol. The van der Waals surface area contributed by atoms with Gasteiger partial charge in [0.15, 0.2) is 6.61 Å². The van der Waals surface area contributed by atoms with E-state index in [4.69, 9.17) is 4.74 Å². The van der Waals surface area contributed by atoms with Gasteiger partial charge >= 0.3 is 5.97 Å². The first-order chi connectivity index (χ1) is 10.1. The Morgan fingerprint density at radius 1 is 1.24 bits per heavy atom. The topological polar surface area (TPSA) is 55.4 Å². The quantitative estimate of drug-likeness (QED) is 0.616. The van der Waals surface area contributed by atoms with E-state index in [0.29, 0.717) is 0 Å². The van der Waals surface area contributed by atoms with Gasteiger partial charge in [-0.1, -0.05) is 28.8 Å². The van der Waals surface area contributed by atoms with Crippen LogP contribution in [0, 0.1) is 0 Å². The number of carbonyl (C=O) groups excluding carboxylic acids is 2. The number of benzene rings is 1. The summed E-state index contributed by atoms with van der Waals surface area (Å²) in [6, 6.07) is 7.95. The van der Waals surface area contributed by atoms with Crippen LogP contribution in [-0.2, 0) is 14.3 Å². The molecule has 21 heavy (non-hydrogen) atoms. The molecule has 0 heterocycles. The molecular formula is C15H18BrNO3S. The van der Waals surface area contributed by atoms with Crippen molar-refractivity contribution in [2.45, 2.75) is 36.6 Å². The van der Waals surface area contributed by atoms with Crippen LogP contribution in [0.25, 0.3) is 0 Å². The lowest BCUT2D eigenvalue weighted by Gasteiger charge is -2.11. The number of amides is 1. The number of hydrogen-bond donors (Lipinski definition) is 1. The Kier molecular flexibility index (Phi) is 6.57. The lowest BCUT2D eigenvalue weighted by molar-refractivity contribution is -0.146. The number of hydrogen-bond acceptors (Lipinski definition) is 4. The molecule has 1 aliphatic rings. The van der Waals surface area contributed by atoms with Gasteiger partial charge in [-0.25, -0.2) is 0 Å². The summed E-state index contributed by atoms with van der Waals surface area (Å²) in [6.07, 6.45) is 4.38. The molecule has 0 aromatic heterocycles. The number of esters is 1. The fourth-order valence-corrected chi connectivity index (χ4v) is 3.16. The molecule has 0 radical (unpaired) electrons. The first-order valence-electron chi connectivity index (χ1n) is 6.97. The maximum absolute atomic E-state index is 11.6. The Labute approximate surface area is 137 Å². The van der Waals surface area contributed by atoms with E-state index in [1.165, 1.54) is 11.8 Å². The van der Waals surface area contributed by atoms with E-state index >= 15 is 0 Å². The molecule has 1 aromatic carbocycles. The van der Waals surface area contributed by atoms with Gasteiger partial charge in [-0.3, -0.25) is 9.59 Å². The number of halogens is 1. The van der Waals surface area contributed by atoms with E-state index in [1.807, 2.05) is 24.3 Å². The summed E-state index contributed by atoms with van der Waals surface area (Å²) in [5.74, 6) is -0.369. The molecule has 2 rings (SSSR count). The van der Waals surface area contributed by atoms with Crippen LogP contribution in [0.5, 0.6) is 0 Å². The zero-order valence-electron chi connectivity index (χ0n) is 11.6. The minimum Gasteiger partial charge on any atom is -0.455 e. The zero-order valence-corrected chi connectivity index (χ0v) is 14.0. The van der Waals surface area contributed by atoms with Crippen LogP contribution in [0.4, 0.5) is 0 Å². The standard InChI is InChI=1S/C15H18BrNO3S/c16-11-5-7-13(8-6-11)21-10-15(19)20-9-14(18)17-12-3-1-2-4-12/h5-8,12H,1-4,9-10H2,(H,17,18). The molecule has 0 unspecified atom stereocenters. The second-order valence-corrected chi connectivity index (χ2v) is 6.92. The molecule has 6 heteroatoms. The summed E-state index contributed by atoms with van der Waals surface area (Å²) in [4.78, 5) is 24.2. The van der Waals surface area contributed by atoms with E-state index in [1.54, 1.807) is 0 Å². The van der Waals surface area contributed by atoms with Gasteiger partial charge in [0, 0.05) is 15.4 Å². The van der Waals surface area contributed by atoms with E-state index in [0.717, 1.165) is 35.1 Å². The van der Waals surface area contributed by atoms with Crippen LogP contribution < -0.4 is 5.32 Å². The number of ether oxygens (including phenoxy) is 1. The van der Waals surface area contributed by atoms with Gasteiger partial charge in [-0.05, 0) is 37.1 Å².